The van der Waals surface area contributed by atoms with E-state index in [0.717, 1.165) is 64.1 Å². The van der Waals surface area contributed by atoms with Crippen molar-refractivity contribution in [2.75, 3.05) is 18.0 Å². The van der Waals surface area contributed by atoms with Gasteiger partial charge in [0.25, 0.3) is 0 Å². The number of benzene rings is 1. The van der Waals surface area contributed by atoms with Crippen molar-refractivity contribution in [3.8, 4) is 22.5 Å². The Morgan fingerprint density at radius 3 is 2.50 bits per heavy atom. The molecule has 1 aliphatic heterocycles. The monoisotopic (exact) mass is 452 g/mol. The second-order valence-electron chi connectivity index (χ2n) is 9.31. The molecule has 0 N–H and O–H groups in total. The summed E-state index contributed by atoms with van der Waals surface area (Å²) in [5, 5.41) is 14.3. The number of anilines is 1. The van der Waals surface area contributed by atoms with Crippen molar-refractivity contribution >= 4 is 16.9 Å². The summed E-state index contributed by atoms with van der Waals surface area (Å²) in [6.07, 6.45) is 7.81. The minimum Gasteiger partial charge on any atom is -0.361 e. The molecule has 9 heteroatoms. The third-order valence-electron chi connectivity index (χ3n) is 7.07. The summed E-state index contributed by atoms with van der Waals surface area (Å²) in [4.78, 5) is 11.5. The highest BCUT2D eigenvalue weighted by Crippen LogP contribution is 2.43. The van der Waals surface area contributed by atoms with Crippen LogP contribution in [0.25, 0.3) is 33.5 Å². The van der Waals surface area contributed by atoms with E-state index in [4.69, 9.17) is 9.62 Å². The first-order valence-electron chi connectivity index (χ1n) is 11.6. The van der Waals surface area contributed by atoms with Crippen LogP contribution in [0.1, 0.15) is 36.0 Å². The van der Waals surface area contributed by atoms with Crippen LogP contribution >= 0.6 is 0 Å². The van der Waals surface area contributed by atoms with Crippen molar-refractivity contribution in [2.24, 2.45) is 14.1 Å². The SMILES string of the molecule is Cn1ncc(-c2nn(C)c3ncnc(N4CC(c5ccno5)C4)c23)c1-c1ccc(C2CC2)cc1. The Kier molecular flexibility index (Phi) is 4.15. The number of aryl methyl sites for hydroxylation is 2. The first-order chi connectivity index (χ1) is 16.7. The van der Waals surface area contributed by atoms with Crippen LogP contribution in [0.4, 0.5) is 5.82 Å². The molecule has 0 spiro atoms. The summed E-state index contributed by atoms with van der Waals surface area (Å²) in [5.41, 5.74) is 6.24. The molecule has 0 radical (unpaired) electrons. The van der Waals surface area contributed by atoms with Gasteiger partial charge in [-0.15, -0.1) is 0 Å². The van der Waals surface area contributed by atoms with Crippen molar-refractivity contribution in [3.63, 3.8) is 0 Å². The third-order valence-corrected chi connectivity index (χ3v) is 7.07. The standard InChI is InChI=1S/C25H24N8O/c1-31-23(17-7-5-16(6-8-17)15-3-4-15)19(11-28-31)22-21-24(32(2)30-22)26-14-27-25(21)33-12-18(13-33)20-9-10-29-34-20/h5-11,14-15,18H,3-4,12-13H2,1-2H3. The molecule has 1 saturated heterocycles. The number of nitrogens with zero attached hydrogens (tertiary/aromatic N) is 8. The van der Waals surface area contributed by atoms with Gasteiger partial charge in [-0.1, -0.05) is 29.4 Å². The molecular weight excluding hydrogens is 428 g/mol. The lowest BCUT2D eigenvalue weighted by atomic mass is 9.96. The average molecular weight is 453 g/mol. The highest BCUT2D eigenvalue weighted by molar-refractivity contribution is 6.02. The Morgan fingerprint density at radius 1 is 0.941 bits per heavy atom. The summed E-state index contributed by atoms with van der Waals surface area (Å²) in [6.45, 7) is 1.64. The maximum Gasteiger partial charge on any atom is 0.163 e. The first-order valence-corrected chi connectivity index (χ1v) is 11.6. The summed E-state index contributed by atoms with van der Waals surface area (Å²) < 4.78 is 9.12. The third kappa shape index (κ3) is 2.96. The smallest absolute Gasteiger partial charge is 0.163 e. The number of hydrogen-bond donors (Lipinski definition) is 0. The molecule has 2 fully saturated rings. The zero-order valence-corrected chi connectivity index (χ0v) is 19.1. The van der Waals surface area contributed by atoms with Crippen molar-refractivity contribution in [3.05, 3.63) is 60.4 Å². The molecule has 5 heterocycles. The largest absolute Gasteiger partial charge is 0.361 e. The van der Waals surface area contributed by atoms with Crippen LogP contribution in [0.15, 0.2) is 53.6 Å². The Morgan fingerprint density at radius 2 is 1.76 bits per heavy atom. The molecule has 7 rings (SSSR count). The fourth-order valence-corrected chi connectivity index (χ4v) is 5.05. The summed E-state index contributed by atoms with van der Waals surface area (Å²) in [6, 6.07) is 10.8. The molecule has 0 bridgehead atoms. The lowest BCUT2D eigenvalue weighted by molar-refractivity contribution is 0.336. The van der Waals surface area contributed by atoms with Gasteiger partial charge >= 0.3 is 0 Å². The van der Waals surface area contributed by atoms with E-state index >= 15 is 0 Å². The van der Waals surface area contributed by atoms with Crippen LogP contribution in [0.3, 0.4) is 0 Å². The number of fused-ring (bicyclic) bond motifs is 1. The fraction of sp³-hybridized carbons (Fsp3) is 0.320. The van der Waals surface area contributed by atoms with Crippen LogP contribution in [0, 0.1) is 0 Å². The number of hydrogen-bond acceptors (Lipinski definition) is 7. The molecule has 9 nitrogen and oxygen atoms in total. The maximum atomic E-state index is 5.36. The van der Waals surface area contributed by atoms with Crippen LogP contribution in [0.2, 0.25) is 0 Å². The topological polar surface area (TPSA) is 90.7 Å². The number of rotatable bonds is 5. The highest BCUT2D eigenvalue weighted by atomic mass is 16.5. The van der Waals surface area contributed by atoms with Crippen LogP contribution in [0.5, 0.6) is 0 Å². The van der Waals surface area contributed by atoms with Gasteiger partial charge in [0.05, 0.1) is 29.4 Å². The summed E-state index contributed by atoms with van der Waals surface area (Å²) in [7, 11) is 3.91. The number of aromatic nitrogens is 7. The van der Waals surface area contributed by atoms with Crippen LogP contribution in [-0.2, 0) is 14.1 Å². The van der Waals surface area contributed by atoms with Crippen molar-refractivity contribution < 1.29 is 4.52 Å². The van der Waals surface area contributed by atoms with E-state index in [9.17, 15) is 0 Å². The molecule has 0 atom stereocenters. The molecule has 34 heavy (non-hydrogen) atoms. The van der Waals surface area contributed by atoms with E-state index in [-0.39, 0.29) is 0 Å². The van der Waals surface area contributed by atoms with Gasteiger partial charge in [-0.25, -0.2) is 14.6 Å². The van der Waals surface area contributed by atoms with Gasteiger partial charge in [-0.05, 0) is 24.3 Å². The molecule has 1 saturated carbocycles. The zero-order valence-electron chi connectivity index (χ0n) is 19.1. The van der Waals surface area contributed by atoms with E-state index in [1.165, 1.54) is 18.4 Å². The minimum absolute atomic E-state index is 0.312. The van der Waals surface area contributed by atoms with Gasteiger partial charge in [0, 0.05) is 44.4 Å². The molecular formula is C25H24N8O. The van der Waals surface area contributed by atoms with Gasteiger partial charge in [-0.3, -0.25) is 4.68 Å². The summed E-state index contributed by atoms with van der Waals surface area (Å²) in [5.74, 6) is 2.85. The predicted octanol–water partition coefficient (Wildman–Crippen LogP) is 3.90. The predicted molar refractivity (Wildman–Crippen MR) is 127 cm³/mol. The minimum atomic E-state index is 0.312. The van der Waals surface area contributed by atoms with Gasteiger partial charge in [0.1, 0.15) is 23.6 Å². The summed E-state index contributed by atoms with van der Waals surface area (Å²) >= 11 is 0. The van der Waals surface area contributed by atoms with E-state index in [0.29, 0.717) is 5.92 Å². The molecule has 0 unspecified atom stereocenters. The fourth-order valence-electron chi connectivity index (χ4n) is 5.05. The van der Waals surface area contributed by atoms with Gasteiger partial charge in [-0.2, -0.15) is 10.2 Å². The first kappa shape index (κ1) is 19.5. The molecule has 1 aliphatic carbocycles. The maximum absolute atomic E-state index is 5.36. The van der Waals surface area contributed by atoms with Crippen LogP contribution < -0.4 is 4.90 Å². The van der Waals surface area contributed by atoms with Crippen molar-refractivity contribution in [1.82, 2.24) is 34.7 Å². The Bertz CT molecular complexity index is 1490. The second kappa shape index (κ2) is 7.24. The average Bonchev–Trinajstić information content (AvgIpc) is 3.23. The lowest BCUT2D eigenvalue weighted by Crippen LogP contribution is -2.45. The lowest BCUT2D eigenvalue weighted by Gasteiger charge is -2.38. The zero-order chi connectivity index (χ0) is 22.8. The quantitative estimate of drug-likeness (QED) is 0.399. The van der Waals surface area contributed by atoms with Gasteiger partial charge in [0.15, 0.2) is 5.65 Å². The molecule has 0 amide bonds. The molecule has 170 valence electrons. The second-order valence-corrected chi connectivity index (χ2v) is 9.31. The Hall–Kier alpha value is -4.01. The van der Waals surface area contributed by atoms with E-state index in [2.05, 4.69) is 49.4 Å². The van der Waals surface area contributed by atoms with Crippen molar-refractivity contribution in [2.45, 2.75) is 24.7 Å². The normalized spacial score (nSPS) is 16.4. The molecule has 5 aromatic rings. The Labute approximate surface area is 196 Å². The molecule has 2 aliphatic rings. The highest BCUT2D eigenvalue weighted by Gasteiger charge is 2.34. The van der Waals surface area contributed by atoms with Gasteiger partial charge < -0.3 is 9.42 Å². The molecule has 1 aromatic carbocycles. The Balaban J connectivity index is 1.32. The van der Waals surface area contributed by atoms with Crippen LogP contribution in [-0.4, -0.2) is 47.8 Å². The van der Waals surface area contributed by atoms with Crippen molar-refractivity contribution in [1.29, 1.82) is 0 Å². The van der Waals surface area contributed by atoms with E-state index in [1.54, 1.807) is 12.5 Å². The van der Waals surface area contributed by atoms with E-state index in [1.807, 2.05) is 35.7 Å². The van der Waals surface area contributed by atoms with E-state index < -0.39 is 0 Å². The molecule has 4 aromatic heterocycles. The van der Waals surface area contributed by atoms with Gasteiger partial charge in [0.2, 0.25) is 0 Å².